The number of aryl methyl sites for hydroxylation is 5. The van der Waals surface area contributed by atoms with Gasteiger partial charge in [0.05, 0.1) is 0 Å². The van der Waals surface area contributed by atoms with Crippen LogP contribution in [0.3, 0.4) is 0 Å². The molecule has 0 N–H and O–H groups in total. The van der Waals surface area contributed by atoms with E-state index in [1.807, 2.05) is 0 Å². The molecule has 10 aromatic carbocycles. The molecule has 0 bridgehead atoms. The Labute approximate surface area is 471 Å². The van der Waals surface area contributed by atoms with Gasteiger partial charge in [-0.05, 0) is 184 Å². The Morgan fingerprint density at radius 2 is 1.00 bits per heavy atom. The molecule has 79 heavy (non-hydrogen) atoms. The predicted octanol–water partition coefficient (Wildman–Crippen LogP) is 20.6. The van der Waals surface area contributed by atoms with Crippen molar-refractivity contribution in [2.45, 2.75) is 149 Å². The van der Waals surface area contributed by atoms with Crippen molar-refractivity contribution in [3.05, 3.63) is 225 Å². The van der Waals surface area contributed by atoms with Crippen molar-refractivity contribution < 1.29 is 0 Å². The second kappa shape index (κ2) is 19.2. The minimum absolute atomic E-state index is 0. The van der Waals surface area contributed by atoms with Gasteiger partial charge in [-0.3, -0.25) is 0 Å². The quantitative estimate of drug-likeness (QED) is 0.160. The third-order valence-corrected chi connectivity index (χ3v) is 19.5. The third kappa shape index (κ3) is 8.27. The first-order valence-electron chi connectivity index (χ1n) is 29.4. The molecule has 0 saturated heterocycles. The molecular weight excluding hydrogens is 955 g/mol. The van der Waals surface area contributed by atoms with Gasteiger partial charge in [0, 0.05) is 75.9 Å². The Bertz CT molecular complexity index is 3980. The van der Waals surface area contributed by atoms with Gasteiger partial charge in [-0.25, -0.2) is 0 Å². The maximum atomic E-state index is 2.69. The van der Waals surface area contributed by atoms with Crippen molar-refractivity contribution in [3.63, 3.8) is 0 Å². The maximum Gasteiger partial charge on any atom is 0.0493 e. The molecule has 3 aliphatic carbocycles. The molecule has 4 unspecified atom stereocenters. The predicted molar refractivity (Wildman–Crippen MR) is 340 cm³/mol. The van der Waals surface area contributed by atoms with Crippen LogP contribution in [-0.4, -0.2) is 19.1 Å². The van der Waals surface area contributed by atoms with Crippen LogP contribution in [0.1, 0.15) is 148 Å². The van der Waals surface area contributed by atoms with E-state index < -0.39 is 0 Å². The fourth-order valence-electron chi connectivity index (χ4n) is 15.6. The number of anilines is 6. The largest absolute Gasteiger partial charge is 0.344 e. The van der Waals surface area contributed by atoms with Crippen LogP contribution < -0.4 is 14.7 Å². The molecule has 10 aromatic rings. The zero-order valence-corrected chi connectivity index (χ0v) is 47.5. The van der Waals surface area contributed by atoms with E-state index in [9.17, 15) is 0 Å². The molecule has 2 fully saturated rings. The lowest BCUT2D eigenvalue weighted by Gasteiger charge is -2.29. The Hall–Kier alpha value is -7.36. The molecule has 3 heteroatoms. The maximum absolute atomic E-state index is 2.69. The molecule has 3 heterocycles. The van der Waals surface area contributed by atoms with Crippen LogP contribution in [0.25, 0.3) is 43.4 Å². The fraction of sp³-hybridized carbons (Fsp3) is 0.316. The van der Waals surface area contributed by atoms with E-state index in [1.165, 1.54) is 161 Å². The van der Waals surface area contributed by atoms with Crippen molar-refractivity contribution in [1.82, 2.24) is 0 Å². The lowest BCUT2D eigenvalue weighted by Crippen LogP contribution is -2.27. The fourth-order valence-corrected chi connectivity index (χ4v) is 15.6. The van der Waals surface area contributed by atoms with Crippen LogP contribution in [0.5, 0.6) is 0 Å². The molecule has 16 rings (SSSR count). The van der Waals surface area contributed by atoms with Crippen LogP contribution in [0.2, 0.25) is 0 Å². The molecule has 0 spiro atoms. The summed E-state index contributed by atoms with van der Waals surface area (Å²) in [5.74, 6) is 1.38. The van der Waals surface area contributed by atoms with Gasteiger partial charge in [0.2, 0.25) is 0 Å². The molecule has 6 aliphatic rings. The zero-order chi connectivity index (χ0) is 53.4. The third-order valence-electron chi connectivity index (χ3n) is 19.5. The monoisotopic (exact) mass is 1030 g/mol. The average Bonchev–Trinajstić information content (AvgIpc) is 4.42. The summed E-state index contributed by atoms with van der Waals surface area (Å²) < 4.78 is 0. The van der Waals surface area contributed by atoms with E-state index in [2.05, 4.69) is 247 Å². The summed E-state index contributed by atoms with van der Waals surface area (Å²) in [6.07, 6.45) is 10.2. The lowest BCUT2D eigenvalue weighted by molar-refractivity contribution is 0.591. The van der Waals surface area contributed by atoms with Gasteiger partial charge in [0.15, 0.2) is 0 Å². The van der Waals surface area contributed by atoms with Crippen LogP contribution >= 0.6 is 0 Å². The highest BCUT2D eigenvalue weighted by Gasteiger charge is 2.44. The zero-order valence-electron chi connectivity index (χ0n) is 47.5. The number of para-hydroxylation sites is 1. The van der Waals surface area contributed by atoms with Crippen molar-refractivity contribution in [3.8, 4) is 11.1 Å². The van der Waals surface area contributed by atoms with E-state index in [1.54, 1.807) is 11.1 Å². The number of rotatable bonds is 2. The van der Waals surface area contributed by atoms with Crippen LogP contribution in [0, 0.1) is 20.8 Å². The summed E-state index contributed by atoms with van der Waals surface area (Å²) in [5, 5.41) is 8.33. The van der Waals surface area contributed by atoms with Gasteiger partial charge >= 0.3 is 0 Å². The standard InChI is InChI=1S/C32H31N.C27H27N.C16H17N.CH4/c1-19-8-14-29-26(16-19)24-6-5-7-27(24)33(29)28-15-12-20-9-10-21-17-23(32(2,3)4)18-22-11-13-25(28)31(20)30(21)22;1-17-11-14-26-22(15-17)21-8-6-10-25(21)28(26)18-12-13-20-19-7-4-5-9-23(19)27(2,3)24(20)16-18;1-12-7-10-16-14(11-12)9-8-13-5-3-4-6-15(13)17(16)2;/h8-18,24,27H,5-7H2,1-4H3;4-5,7,9,11-16,21,25H,6,8,10H2,1-3H3;3-7,10-11H,8-9H2,1-2H3;1H4. The SMILES string of the molecule is C.Cc1ccc2c(c1)C1CCCC1N2c1ccc2c(c1)C(C)(C)c1ccccc1-2.Cc1ccc2c(c1)C1CCCC1N2c1ccc2ccc3cc(C(C)(C)C)cc4ccc1c2c34.Cc1ccc2c(c1)CCc1ccccc1N2C. The van der Waals surface area contributed by atoms with Crippen LogP contribution in [0.4, 0.5) is 34.1 Å². The van der Waals surface area contributed by atoms with E-state index in [-0.39, 0.29) is 18.3 Å². The molecule has 0 radical (unpaired) electrons. The summed E-state index contributed by atoms with van der Waals surface area (Å²) in [6.45, 7) is 18.3. The van der Waals surface area contributed by atoms with E-state index in [4.69, 9.17) is 0 Å². The van der Waals surface area contributed by atoms with E-state index in [0.717, 1.165) is 12.8 Å². The summed E-state index contributed by atoms with van der Waals surface area (Å²) in [4.78, 5) is 7.67. The lowest BCUT2D eigenvalue weighted by atomic mass is 9.82. The van der Waals surface area contributed by atoms with Gasteiger partial charge in [-0.2, -0.15) is 0 Å². The molecule has 398 valence electrons. The van der Waals surface area contributed by atoms with E-state index in [0.29, 0.717) is 23.9 Å². The first kappa shape index (κ1) is 51.1. The van der Waals surface area contributed by atoms with Gasteiger partial charge in [0.1, 0.15) is 0 Å². The highest BCUT2D eigenvalue weighted by molar-refractivity contribution is 6.25. The number of benzene rings is 10. The van der Waals surface area contributed by atoms with Crippen molar-refractivity contribution in [2.75, 3.05) is 21.7 Å². The molecule has 0 amide bonds. The average molecular weight is 1030 g/mol. The Morgan fingerprint density at radius 1 is 0.456 bits per heavy atom. The number of hydrogen-bond acceptors (Lipinski definition) is 3. The molecule has 3 nitrogen and oxygen atoms in total. The number of hydrogen-bond donors (Lipinski definition) is 0. The summed E-state index contributed by atoms with van der Waals surface area (Å²) in [6, 6.07) is 65.9. The Balaban J connectivity index is 0.000000117. The first-order valence-corrected chi connectivity index (χ1v) is 29.4. The highest BCUT2D eigenvalue weighted by Crippen LogP contribution is 2.57. The van der Waals surface area contributed by atoms with Gasteiger partial charge in [-0.15, -0.1) is 0 Å². The minimum atomic E-state index is 0. The second-order valence-corrected chi connectivity index (χ2v) is 25.7. The molecule has 2 saturated carbocycles. The highest BCUT2D eigenvalue weighted by atomic mass is 15.2. The van der Waals surface area contributed by atoms with Gasteiger partial charge in [0.25, 0.3) is 0 Å². The van der Waals surface area contributed by atoms with Crippen LogP contribution in [-0.2, 0) is 23.7 Å². The summed E-state index contributed by atoms with van der Waals surface area (Å²) in [5.41, 5.74) is 25.9. The molecule has 0 aromatic heterocycles. The normalized spacial score (nSPS) is 19.7. The first-order chi connectivity index (χ1) is 37.7. The van der Waals surface area contributed by atoms with E-state index >= 15 is 0 Å². The van der Waals surface area contributed by atoms with Gasteiger partial charge in [-0.1, -0.05) is 199 Å². The molecular formula is C76H79N3. The summed E-state index contributed by atoms with van der Waals surface area (Å²) >= 11 is 0. The number of fused-ring (bicyclic) bond motifs is 11. The minimum Gasteiger partial charge on any atom is -0.344 e. The second-order valence-electron chi connectivity index (χ2n) is 25.7. The topological polar surface area (TPSA) is 9.72 Å². The van der Waals surface area contributed by atoms with Crippen molar-refractivity contribution in [2.24, 2.45) is 0 Å². The Kier molecular flexibility index (Phi) is 12.4. The van der Waals surface area contributed by atoms with Crippen LogP contribution in [0.15, 0.2) is 170 Å². The smallest absolute Gasteiger partial charge is 0.0493 e. The number of nitrogens with zero attached hydrogens (tertiary/aromatic N) is 3. The summed E-state index contributed by atoms with van der Waals surface area (Å²) in [7, 11) is 2.16. The molecule has 4 atom stereocenters. The Morgan fingerprint density at radius 3 is 1.71 bits per heavy atom. The molecule has 3 aliphatic heterocycles. The van der Waals surface area contributed by atoms with Crippen molar-refractivity contribution in [1.29, 1.82) is 0 Å². The van der Waals surface area contributed by atoms with Crippen molar-refractivity contribution >= 4 is 66.4 Å². The van der Waals surface area contributed by atoms with Gasteiger partial charge < -0.3 is 14.7 Å².